The summed E-state index contributed by atoms with van der Waals surface area (Å²) in [5.41, 5.74) is 0.767. The van der Waals surface area contributed by atoms with Crippen LogP contribution >= 0.6 is 0 Å². The van der Waals surface area contributed by atoms with E-state index in [1.807, 2.05) is 0 Å². The molecule has 0 unspecified atom stereocenters. The molecule has 0 spiro atoms. The number of sulfonamides is 1. The van der Waals surface area contributed by atoms with Gasteiger partial charge < -0.3 is 14.9 Å². The Balaban J connectivity index is 1.40. The second kappa shape index (κ2) is 10.7. The molecule has 0 radical (unpaired) electrons. The topological polar surface area (TPSA) is 89.9 Å². The van der Waals surface area contributed by atoms with Gasteiger partial charge >= 0.3 is 5.97 Å². The molecular formula is C25H32FN3O4S. The van der Waals surface area contributed by atoms with E-state index in [4.69, 9.17) is 0 Å². The van der Waals surface area contributed by atoms with Crippen molar-refractivity contribution in [3.05, 3.63) is 53.8 Å². The monoisotopic (exact) mass is 489 g/mol. The summed E-state index contributed by atoms with van der Waals surface area (Å²) >= 11 is 0. The normalized spacial score (nSPS) is 18.1. The average Bonchev–Trinajstić information content (AvgIpc) is 2.83. The van der Waals surface area contributed by atoms with Crippen LogP contribution < -0.4 is 9.62 Å². The third-order valence-electron chi connectivity index (χ3n) is 6.84. The van der Waals surface area contributed by atoms with Crippen LogP contribution in [-0.2, 0) is 10.0 Å². The van der Waals surface area contributed by atoms with Gasteiger partial charge in [-0.1, -0.05) is 12.5 Å². The van der Waals surface area contributed by atoms with Crippen LogP contribution in [-0.4, -0.2) is 57.1 Å². The van der Waals surface area contributed by atoms with E-state index in [-0.39, 0.29) is 16.1 Å². The second-order valence-electron chi connectivity index (χ2n) is 9.22. The van der Waals surface area contributed by atoms with Gasteiger partial charge in [-0.25, -0.2) is 17.6 Å². The van der Waals surface area contributed by atoms with Crippen molar-refractivity contribution in [3.63, 3.8) is 0 Å². The maximum atomic E-state index is 13.5. The summed E-state index contributed by atoms with van der Waals surface area (Å²) in [5.74, 6) is -1.14. The van der Waals surface area contributed by atoms with Gasteiger partial charge in [0.25, 0.3) is 10.0 Å². The van der Waals surface area contributed by atoms with Crippen molar-refractivity contribution in [2.75, 3.05) is 42.3 Å². The van der Waals surface area contributed by atoms with Crippen LogP contribution in [0.15, 0.2) is 47.4 Å². The van der Waals surface area contributed by atoms with Gasteiger partial charge in [-0.15, -0.1) is 0 Å². The van der Waals surface area contributed by atoms with E-state index < -0.39 is 21.8 Å². The SMILES string of the molecule is O=C(O)c1cc(NS(=O)(=O)c2cccc(F)c2)ccc1N1CCC(CCN2CCCCC2)CC1. The van der Waals surface area contributed by atoms with Gasteiger partial charge in [0.1, 0.15) is 5.82 Å². The predicted octanol–water partition coefficient (Wildman–Crippen LogP) is 4.42. The highest BCUT2D eigenvalue weighted by molar-refractivity contribution is 7.92. The molecule has 2 aromatic carbocycles. The first-order valence-electron chi connectivity index (χ1n) is 11.9. The molecule has 0 saturated carbocycles. The first-order valence-corrected chi connectivity index (χ1v) is 13.4. The van der Waals surface area contributed by atoms with Crippen LogP contribution in [0.2, 0.25) is 0 Å². The number of benzene rings is 2. The summed E-state index contributed by atoms with van der Waals surface area (Å²) < 4.78 is 41.0. The molecule has 2 saturated heterocycles. The van der Waals surface area contributed by atoms with E-state index in [0.29, 0.717) is 11.6 Å². The van der Waals surface area contributed by atoms with Crippen LogP contribution in [0.5, 0.6) is 0 Å². The fourth-order valence-electron chi connectivity index (χ4n) is 4.91. The number of aromatic carboxylic acids is 1. The minimum atomic E-state index is -4.04. The molecule has 0 bridgehead atoms. The highest BCUT2D eigenvalue weighted by atomic mass is 32.2. The van der Waals surface area contributed by atoms with Crippen molar-refractivity contribution in [2.24, 2.45) is 5.92 Å². The number of likely N-dealkylation sites (tertiary alicyclic amines) is 1. The molecule has 2 aromatic rings. The molecule has 7 nitrogen and oxygen atoms in total. The number of carbonyl (C=O) groups is 1. The number of hydrogen-bond acceptors (Lipinski definition) is 5. The summed E-state index contributed by atoms with van der Waals surface area (Å²) in [4.78, 5) is 16.4. The van der Waals surface area contributed by atoms with Crippen LogP contribution in [0.3, 0.4) is 0 Å². The number of hydrogen-bond donors (Lipinski definition) is 2. The third kappa shape index (κ3) is 6.07. The van der Waals surface area contributed by atoms with Crippen LogP contribution in [0.25, 0.3) is 0 Å². The maximum absolute atomic E-state index is 13.5. The van der Waals surface area contributed by atoms with Gasteiger partial charge in [-0.3, -0.25) is 4.72 Å². The molecule has 4 rings (SSSR count). The first kappa shape index (κ1) is 24.5. The molecule has 0 aliphatic carbocycles. The van der Waals surface area contributed by atoms with Crippen LogP contribution in [0, 0.1) is 11.7 Å². The highest BCUT2D eigenvalue weighted by Crippen LogP contribution is 2.31. The Morgan fingerprint density at radius 3 is 2.44 bits per heavy atom. The fraction of sp³-hybridized carbons (Fsp3) is 0.480. The van der Waals surface area contributed by atoms with Crippen molar-refractivity contribution >= 4 is 27.4 Å². The Bertz CT molecular complexity index is 1110. The summed E-state index contributed by atoms with van der Waals surface area (Å²) in [5, 5.41) is 9.79. The number of nitrogens with one attached hydrogen (secondary N) is 1. The van der Waals surface area contributed by atoms with Crippen LogP contribution in [0.1, 0.15) is 48.9 Å². The molecule has 34 heavy (non-hydrogen) atoms. The molecular weight excluding hydrogens is 457 g/mol. The number of carboxylic acids is 1. The van der Waals surface area contributed by atoms with Gasteiger partial charge in [0.2, 0.25) is 0 Å². The van der Waals surface area contributed by atoms with Crippen molar-refractivity contribution < 1.29 is 22.7 Å². The van der Waals surface area contributed by atoms with Gasteiger partial charge in [0.15, 0.2) is 0 Å². The Kier molecular flexibility index (Phi) is 7.73. The Hall–Kier alpha value is -2.65. The number of carboxylic acid groups (broad SMARTS) is 1. The number of piperidine rings is 2. The maximum Gasteiger partial charge on any atom is 0.337 e. The largest absolute Gasteiger partial charge is 0.478 e. The number of halogens is 1. The van der Waals surface area contributed by atoms with Crippen molar-refractivity contribution in [3.8, 4) is 0 Å². The molecule has 2 N–H and O–H groups in total. The van der Waals surface area contributed by atoms with E-state index in [1.165, 1.54) is 57.0 Å². The molecule has 2 aliphatic heterocycles. The lowest BCUT2D eigenvalue weighted by Crippen LogP contribution is -2.37. The number of anilines is 2. The van der Waals surface area contributed by atoms with Crippen molar-refractivity contribution in [1.82, 2.24) is 4.90 Å². The molecule has 2 fully saturated rings. The summed E-state index contributed by atoms with van der Waals surface area (Å²) in [6.45, 7) is 5.11. The Labute approximate surface area is 200 Å². The minimum Gasteiger partial charge on any atom is -0.478 e. The second-order valence-corrected chi connectivity index (χ2v) is 10.9. The van der Waals surface area contributed by atoms with Gasteiger partial charge in [0, 0.05) is 18.8 Å². The van der Waals surface area contributed by atoms with Crippen LogP contribution in [0.4, 0.5) is 15.8 Å². The average molecular weight is 490 g/mol. The smallest absolute Gasteiger partial charge is 0.337 e. The lowest BCUT2D eigenvalue weighted by Gasteiger charge is -2.35. The molecule has 2 heterocycles. The lowest BCUT2D eigenvalue weighted by atomic mass is 9.92. The summed E-state index contributed by atoms with van der Waals surface area (Å²) in [6.07, 6.45) is 7.14. The van der Waals surface area contributed by atoms with Gasteiger partial charge in [0.05, 0.1) is 16.1 Å². The number of rotatable bonds is 8. The molecule has 2 aliphatic rings. The van der Waals surface area contributed by atoms with E-state index in [9.17, 15) is 22.7 Å². The third-order valence-corrected chi connectivity index (χ3v) is 8.22. The van der Waals surface area contributed by atoms with Crippen molar-refractivity contribution in [2.45, 2.75) is 43.4 Å². The number of nitrogens with zero attached hydrogens (tertiary/aromatic N) is 2. The first-order chi connectivity index (χ1) is 16.3. The molecule has 9 heteroatoms. The summed E-state index contributed by atoms with van der Waals surface area (Å²) in [6, 6.07) is 9.22. The lowest BCUT2D eigenvalue weighted by molar-refractivity contribution is 0.0697. The quantitative estimate of drug-likeness (QED) is 0.571. The van der Waals surface area contributed by atoms with E-state index in [0.717, 1.165) is 44.6 Å². The highest BCUT2D eigenvalue weighted by Gasteiger charge is 2.25. The van der Waals surface area contributed by atoms with Gasteiger partial charge in [-0.2, -0.15) is 0 Å². The molecule has 0 aromatic heterocycles. The standard InChI is InChI=1S/C25H32FN3O4S/c26-20-5-4-6-22(17-20)34(32,33)27-21-7-8-24(23(18-21)25(30)31)29-15-10-19(11-16-29)9-14-28-12-2-1-3-13-28/h4-8,17-19,27H,1-3,9-16H2,(H,30,31). The Morgan fingerprint density at radius 2 is 1.76 bits per heavy atom. The van der Waals surface area contributed by atoms with E-state index in [2.05, 4.69) is 14.5 Å². The minimum absolute atomic E-state index is 0.0474. The predicted molar refractivity (Wildman–Crippen MR) is 130 cm³/mol. The fourth-order valence-corrected chi connectivity index (χ4v) is 5.99. The van der Waals surface area contributed by atoms with E-state index >= 15 is 0 Å². The van der Waals surface area contributed by atoms with Gasteiger partial charge in [-0.05, 0) is 94.1 Å². The zero-order valence-electron chi connectivity index (χ0n) is 19.2. The zero-order valence-corrected chi connectivity index (χ0v) is 20.1. The molecule has 184 valence electrons. The molecule has 0 atom stereocenters. The zero-order chi connectivity index (χ0) is 24.1. The Morgan fingerprint density at radius 1 is 1.03 bits per heavy atom. The summed E-state index contributed by atoms with van der Waals surface area (Å²) in [7, 11) is -4.04. The molecule has 0 amide bonds. The van der Waals surface area contributed by atoms with Crippen molar-refractivity contribution in [1.29, 1.82) is 0 Å². The van der Waals surface area contributed by atoms with E-state index in [1.54, 1.807) is 12.1 Å².